The molecule has 1 fully saturated rings. The molecule has 1 heterocycles. The van der Waals surface area contributed by atoms with E-state index < -0.39 is 5.97 Å². The van der Waals surface area contributed by atoms with E-state index >= 15 is 0 Å². The second-order valence-electron chi connectivity index (χ2n) is 3.09. The van der Waals surface area contributed by atoms with E-state index in [-0.39, 0.29) is 18.5 Å². The first-order valence-electron chi connectivity index (χ1n) is 4.39. The van der Waals surface area contributed by atoms with Crippen molar-refractivity contribution >= 4 is 18.6 Å². The van der Waals surface area contributed by atoms with E-state index in [1.165, 1.54) is 0 Å². The molecule has 1 aliphatic heterocycles. The lowest BCUT2D eigenvalue weighted by Gasteiger charge is -2.16. The van der Waals surface area contributed by atoms with Crippen molar-refractivity contribution in [1.82, 2.24) is 15.3 Å². The van der Waals surface area contributed by atoms with Gasteiger partial charge >= 0.3 is 5.97 Å². The number of carbonyl (C=O) groups is 1. The highest BCUT2D eigenvalue weighted by Gasteiger charge is 2.26. The molecule has 1 rings (SSSR count). The van der Waals surface area contributed by atoms with Gasteiger partial charge in [0.2, 0.25) is 0 Å². The Bertz CT molecular complexity index is 205. The SMILES string of the molecule is O=C(O)CCN1CN(CCO)NC1S. The normalized spacial score (nSPS) is 24.3. The van der Waals surface area contributed by atoms with Gasteiger partial charge in [-0.05, 0) is 0 Å². The Kier molecular flexibility index (Phi) is 4.63. The van der Waals surface area contributed by atoms with Gasteiger partial charge in [0.15, 0.2) is 0 Å². The molecule has 6 nitrogen and oxygen atoms in total. The number of thiol groups is 1. The number of hydrogen-bond donors (Lipinski definition) is 4. The molecule has 0 spiro atoms. The summed E-state index contributed by atoms with van der Waals surface area (Å²) in [5, 5.41) is 19.0. The number of nitrogens with one attached hydrogen (secondary N) is 1. The van der Waals surface area contributed by atoms with Crippen LogP contribution in [0.2, 0.25) is 0 Å². The Labute approximate surface area is 87.9 Å². The van der Waals surface area contributed by atoms with Crippen molar-refractivity contribution in [2.75, 3.05) is 26.4 Å². The fourth-order valence-corrected chi connectivity index (χ4v) is 1.62. The van der Waals surface area contributed by atoms with Gasteiger partial charge in [0.25, 0.3) is 0 Å². The van der Waals surface area contributed by atoms with Gasteiger partial charge in [-0.15, -0.1) is 12.6 Å². The average molecular weight is 221 g/mol. The molecule has 0 radical (unpaired) electrons. The van der Waals surface area contributed by atoms with Crippen LogP contribution in [-0.2, 0) is 4.79 Å². The zero-order valence-corrected chi connectivity index (χ0v) is 8.65. The number of hydrogen-bond acceptors (Lipinski definition) is 6. The molecule has 1 aliphatic rings. The summed E-state index contributed by atoms with van der Waals surface area (Å²) in [6.07, 6.45) is 0.103. The van der Waals surface area contributed by atoms with E-state index in [2.05, 4.69) is 18.1 Å². The van der Waals surface area contributed by atoms with Crippen LogP contribution >= 0.6 is 12.6 Å². The number of aliphatic hydroxyl groups is 1. The summed E-state index contributed by atoms with van der Waals surface area (Å²) in [6, 6.07) is 0. The summed E-state index contributed by atoms with van der Waals surface area (Å²) >= 11 is 4.24. The van der Waals surface area contributed by atoms with Crippen LogP contribution in [0, 0.1) is 0 Å². The van der Waals surface area contributed by atoms with E-state index in [9.17, 15) is 4.79 Å². The van der Waals surface area contributed by atoms with E-state index in [0.29, 0.717) is 19.8 Å². The fourth-order valence-electron chi connectivity index (χ4n) is 1.27. The maximum atomic E-state index is 10.3. The van der Waals surface area contributed by atoms with Crippen molar-refractivity contribution < 1.29 is 15.0 Å². The van der Waals surface area contributed by atoms with Gasteiger partial charge in [-0.25, -0.2) is 10.4 Å². The largest absolute Gasteiger partial charge is 0.481 e. The van der Waals surface area contributed by atoms with Gasteiger partial charge in [0.1, 0.15) is 5.50 Å². The minimum Gasteiger partial charge on any atom is -0.481 e. The molecular formula is C7H15N3O3S. The highest BCUT2D eigenvalue weighted by Crippen LogP contribution is 2.10. The van der Waals surface area contributed by atoms with Crippen LogP contribution in [0.5, 0.6) is 0 Å². The third kappa shape index (κ3) is 3.43. The Morgan fingerprint density at radius 2 is 2.29 bits per heavy atom. The first-order chi connectivity index (χ1) is 6.63. The Hall–Kier alpha value is -0.340. The Morgan fingerprint density at radius 3 is 2.86 bits per heavy atom. The van der Waals surface area contributed by atoms with Crippen LogP contribution in [0.4, 0.5) is 0 Å². The molecule has 0 saturated carbocycles. The van der Waals surface area contributed by atoms with Crippen LogP contribution in [0.25, 0.3) is 0 Å². The molecule has 3 N–H and O–H groups in total. The number of hydrazine groups is 1. The van der Waals surface area contributed by atoms with Crippen molar-refractivity contribution in [3.8, 4) is 0 Å². The zero-order chi connectivity index (χ0) is 10.6. The van der Waals surface area contributed by atoms with Crippen molar-refractivity contribution in [3.63, 3.8) is 0 Å². The predicted molar refractivity (Wildman–Crippen MR) is 53.5 cm³/mol. The van der Waals surface area contributed by atoms with E-state index in [1.807, 2.05) is 4.90 Å². The maximum absolute atomic E-state index is 10.3. The molecule has 82 valence electrons. The lowest BCUT2D eigenvalue weighted by Crippen LogP contribution is -2.35. The summed E-state index contributed by atoms with van der Waals surface area (Å²) < 4.78 is 0. The molecule has 0 aromatic rings. The molecular weight excluding hydrogens is 206 g/mol. The number of carboxylic acids is 1. The highest BCUT2D eigenvalue weighted by molar-refractivity contribution is 7.80. The van der Waals surface area contributed by atoms with E-state index in [0.717, 1.165) is 0 Å². The Balaban J connectivity index is 2.29. The molecule has 0 aromatic carbocycles. The molecule has 7 heteroatoms. The quantitative estimate of drug-likeness (QED) is 0.435. The third-order valence-electron chi connectivity index (χ3n) is 1.98. The zero-order valence-electron chi connectivity index (χ0n) is 7.76. The lowest BCUT2D eigenvalue weighted by atomic mass is 10.4. The number of nitrogens with zero attached hydrogens (tertiary/aromatic N) is 2. The van der Waals surface area contributed by atoms with Crippen LogP contribution in [0.1, 0.15) is 6.42 Å². The van der Waals surface area contributed by atoms with Crippen molar-refractivity contribution in [3.05, 3.63) is 0 Å². The van der Waals surface area contributed by atoms with Crippen molar-refractivity contribution in [2.24, 2.45) is 0 Å². The first-order valence-corrected chi connectivity index (χ1v) is 4.91. The van der Waals surface area contributed by atoms with Gasteiger partial charge in [-0.3, -0.25) is 9.69 Å². The van der Waals surface area contributed by atoms with E-state index in [4.69, 9.17) is 10.2 Å². The number of aliphatic carboxylic acids is 1. The average Bonchev–Trinajstić information content (AvgIpc) is 2.44. The van der Waals surface area contributed by atoms with Crippen LogP contribution in [0.15, 0.2) is 0 Å². The fraction of sp³-hybridized carbons (Fsp3) is 0.857. The third-order valence-corrected chi connectivity index (χ3v) is 2.42. The highest BCUT2D eigenvalue weighted by atomic mass is 32.1. The van der Waals surface area contributed by atoms with Gasteiger partial charge < -0.3 is 10.2 Å². The smallest absolute Gasteiger partial charge is 0.304 e. The standard InChI is InChI=1S/C7H15N3O3S/c11-4-3-10-5-9(7(14)8-10)2-1-6(12)13/h7-8,11,14H,1-5H2,(H,12,13). The summed E-state index contributed by atoms with van der Waals surface area (Å²) in [5.41, 5.74) is 2.83. The molecule has 1 saturated heterocycles. The van der Waals surface area contributed by atoms with Gasteiger partial charge in [-0.1, -0.05) is 0 Å². The number of β-amino-alcohol motifs (C(OH)–C–C–N with tert-alkyl or cyclic N) is 1. The molecule has 0 aromatic heterocycles. The summed E-state index contributed by atoms with van der Waals surface area (Å²) in [6.45, 7) is 1.63. The van der Waals surface area contributed by atoms with Crippen molar-refractivity contribution in [1.29, 1.82) is 0 Å². The number of aliphatic hydroxyl groups excluding tert-OH is 1. The molecule has 0 bridgehead atoms. The summed E-state index contributed by atoms with van der Waals surface area (Å²) in [5.74, 6) is -0.814. The number of rotatable bonds is 5. The second-order valence-corrected chi connectivity index (χ2v) is 3.58. The summed E-state index contributed by atoms with van der Waals surface area (Å²) in [4.78, 5) is 12.2. The minimum atomic E-state index is -0.814. The van der Waals surface area contributed by atoms with Gasteiger partial charge in [0.05, 0.1) is 19.7 Å². The van der Waals surface area contributed by atoms with Crippen LogP contribution in [0.3, 0.4) is 0 Å². The van der Waals surface area contributed by atoms with Gasteiger partial charge in [0, 0.05) is 13.1 Å². The predicted octanol–water partition coefficient (Wildman–Crippen LogP) is -1.25. The molecule has 14 heavy (non-hydrogen) atoms. The molecule has 0 aliphatic carbocycles. The lowest BCUT2D eigenvalue weighted by molar-refractivity contribution is -0.137. The first kappa shape index (κ1) is 11.7. The van der Waals surface area contributed by atoms with E-state index in [1.54, 1.807) is 5.01 Å². The second kappa shape index (κ2) is 5.52. The molecule has 1 unspecified atom stereocenters. The van der Waals surface area contributed by atoms with Crippen LogP contribution in [-0.4, -0.2) is 58.0 Å². The molecule has 1 atom stereocenters. The minimum absolute atomic E-state index is 0.0697. The summed E-state index contributed by atoms with van der Waals surface area (Å²) in [7, 11) is 0. The van der Waals surface area contributed by atoms with Crippen molar-refractivity contribution in [2.45, 2.75) is 11.9 Å². The Morgan fingerprint density at radius 1 is 1.57 bits per heavy atom. The monoisotopic (exact) mass is 221 g/mol. The molecule has 0 amide bonds. The van der Waals surface area contributed by atoms with Crippen LogP contribution < -0.4 is 5.43 Å². The topological polar surface area (TPSA) is 76.0 Å². The number of carboxylic acid groups (broad SMARTS) is 1. The van der Waals surface area contributed by atoms with Gasteiger partial charge in [-0.2, -0.15) is 0 Å². The maximum Gasteiger partial charge on any atom is 0.304 e.